The van der Waals surface area contributed by atoms with E-state index in [9.17, 15) is 9.59 Å². The van der Waals surface area contributed by atoms with Gasteiger partial charge in [-0.15, -0.1) is 5.10 Å². The first-order valence-electron chi connectivity index (χ1n) is 5.72. The van der Waals surface area contributed by atoms with Gasteiger partial charge in [-0.1, -0.05) is 12.1 Å². The molecule has 0 unspecified atom stereocenters. The van der Waals surface area contributed by atoms with Crippen molar-refractivity contribution in [2.24, 2.45) is 12.8 Å². The van der Waals surface area contributed by atoms with Crippen LogP contribution in [0.3, 0.4) is 0 Å². The summed E-state index contributed by atoms with van der Waals surface area (Å²) in [6.07, 6.45) is 0. The molecule has 2 aromatic rings. The number of carbonyl (C=O) groups is 2. The molecule has 1 aromatic heterocycles. The number of carbonyl (C=O) groups excluding carboxylic acids is 2. The molecule has 2 rings (SSSR count). The second-order valence-corrected chi connectivity index (χ2v) is 3.97. The Bertz CT molecular complexity index is 637. The second-order valence-electron chi connectivity index (χ2n) is 3.97. The normalized spacial score (nSPS) is 10.1. The van der Waals surface area contributed by atoms with Gasteiger partial charge in [-0.25, -0.2) is 9.48 Å². The van der Waals surface area contributed by atoms with E-state index >= 15 is 0 Å². The predicted octanol–water partition coefficient (Wildman–Crippen LogP) is -0.516. The first-order valence-corrected chi connectivity index (χ1v) is 5.72. The highest BCUT2D eigenvalue weighted by molar-refractivity contribution is 5.95. The summed E-state index contributed by atoms with van der Waals surface area (Å²) >= 11 is 0. The Labute approximate surface area is 114 Å². The van der Waals surface area contributed by atoms with Crippen molar-refractivity contribution in [2.75, 3.05) is 11.9 Å². The van der Waals surface area contributed by atoms with Crippen molar-refractivity contribution in [3.05, 3.63) is 24.3 Å². The van der Waals surface area contributed by atoms with Gasteiger partial charge in [0.15, 0.2) is 5.82 Å². The lowest BCUT2D eigenvalue weighted by molar-refractivity contribution is -0.118. The summed E-state index contributed by atoms with van der Waals surface area (Å²) in [5.74, 6) is 0.0958. The topological polar surface area (TPSA) is 128 Å². The van der Waals surface area contributed by atoms with Gasteiger partial charge >= 0.3 is 6.03 Å². The van der Waals surface area contributed by atoms with Crippen LogP contribution in [0.5, 0.6) is 0 Å². The van der Waals surface area contributed by atoms with E-state index in [1.54, 1.807) is 29.9 Å². The molecule has 0 aliphatic rings. The summed E-state index contributed by atoms with van der Waals surface area (Å²) in [5.41, 5.74) is 6.35. The highest BCUT2D eigenvalue weighted by atomic mass is 16.2. The highest BCUT2D eigenvalue weighted by Crippen LogP contribution is 2.19. The van der Waals surface area contributed by atoms with Crippen LogP contribution >= 0.6 is 0 Å². The maximum atomic E-state index is 11.3. The first-order chi connectivity index (χ1) is 9.56. The lowest BCUT2D eigenvalue weighted by atomic mass is 10.2. The number of aromatic nitrogens is 4. The van der Waals surface area contributed by atoms with Gasteiger partial charge in [-0.3, -0.25) is 10.1 Å². The summed E-state index contributed by atoms with van der Waals surface area (Å²) in [6, 6.07) is 6.35. The number of benzene rings is 1. The average Bonchev–Trinajstić information content (AvgIpc) is 2.82. The van der Waals surface area contributed by atoms with Gasteiger partial charge in [0.1, 0.15) is 0 Å². The molecule has 0 fully saturated rings. The zero-order valence-corrected chi connectivity index (χ0v) is 10.7. The number of aryl methyl sites for hydroxylation is 1. The number of rotatable bonds is 4. The lowest BCUT2D eigenvalue weighted by Gasteiger charge is -2.07. The molecule has 0 atom stereocenters. The number of amides is 3. The molecule has 20 heavy (non-hydrogen) atoms. The molecule has 9 heteroatoms. The molecule has 1 aromatic carbocycles. The SMILES string of the molecule is Cn1nnnc1-c1cccc(NCC(=O)NC(N)=O)c1. The van der Waals surface area contributed by atoms with E-state index < -0.39 is 11.9 Å². The Hall–Kier alpha value is -2.97. The molecule has 0 aliphatic carbocycles. The number of imide groups is 1. The third-order valence-corrected chi connectivity index (χ3v) is 2.46. The lowest BCUT2D eigenvalue weighted by Crippen LogP contribution is -2.38. The van der Waals surface area contributed by atoms with Crippen LogP contribution in [-0.4, -0.2) is 38.7 Å². The molecule has 1 heterocycles. The second kappa shape index (κ2) is 5.78. The number of hydrogen-bond acceptors (Lipinski definition) is 6. The van der Waals surface area contributed by atoms with Gasteiger partial charge in [0.05, 0.1) is 6.54 Å². The molecule has 0 radical (unpaired) electrons. The van der Waals surface area contributed by atoms with Crippen LogP contribution in [0.2, 0.25) is 0 Å². The minimum Gasteiger partial charge on any atom is -0.376 e. The van der Waals surface area contributed by atoms with E-state index in [1.165, 1.54) is 0 Å². The number of tetrazole rings is 1. The van der Waals surface area contributed by atoms with Crippen LogP contribution in [0.4, 0.5) is 10.5 Å². The standard InChI is InChI=1S/C11H13N7O2/c1-18-10(15-16-17-18)7-3-2-4-8(5-7)13-6-9(19)14-11(12)20/h2-5,13H,6H2,1H3,(H3,12,14,19,20). The fraction of sp³-hybridized carbons (Fsp3) is 0.182. The Balaban J connectivity index is 2.05. The number of nitrogens with one attached hydrogen (secondary N) is 2. The van der Waals surface area contributed by atoms with E-state index in [-0.39, 0.29) is 6.54 Å². The van der Waals surface area contributed by atoms with Gasteiger partial charge in [-0.2, -0.15) is 0 Å². The van der Waals surface area contributed by atoms with Crippen molar-refractivity contribution >= 4 is 17.6 Å². The molecule has 0 bridgehead atoms. The number of hydrogen-bond donors (Lipinski definition) is 3. The third kappa shape index (κ3) is 3.28. The molecule has 0 aliphatic heterocycles. The van der Waals surface area contributed by atoms with E-state index in [1.807, 2.05) is 11.4 Å². The quantitative estimate of drug-likeness (QED) is 0.689. The van der Waals surface area contributed by atoms with E-state index in [0.717, 1.165) is 5.56 Å². The number of nitrogens with zero attached hydrogens (tertiary/aromatic N) is 4. The molecular formula is C11H13N7O2. The summed E-state index contributed by atoms with van der Waals surface area (Å²) in [4.78, 5) is 21.8. The maximum Gasteiger partial charge on any atom is 0.318 e. The minimum atomic E-state index is -0.879. The van der Waals surface area contributed by atoms with Crippen LogP contribution < -0.4 is 16.4 Å². The number of anilines is 1. The fourth-order valence-corrected chi connectivity index (χ4v) is 1.61. The molecule has 0 spiro atoms. The van der Waals surface area contributed by atoms with Crippen LogP contribution in [0.25, 0.3) is 11.4 Å². The van der Waals surface area contributed by atoms with Crippen molar-refractivity contribution in [1.29, 1.82) is 0 Å². The minimum absolute atomic E-state index is 0.0660. The zero-order chi connectivity index (χ0) is 14.5. The van der Waals surface area contributed by atoms with Gasteiger partial charge in [0.25, 0.3) is 0 Å². The van der Waals surface area contributed by atoms with Crippen molar-refractivity contribution in [3.63, 3.8) is 0 Å². The Morgan fingerprint density at radius 1 is 1.40 bits per heavy atom. The first kappa shape index (κ1) is 13.5. The van der Waals surface area contributed by atoms with Crippen molar-refractivity contribution < 1.29 is 9.59 Å². The van der Waals surface area contributed by atoms with E-state index in [4.69, 9.17) is 5.73 Å². The van der Waals surface area contributed by atoms with Gasteiger partial charge in [-0.05, 0) is 22.6 Å². The number of urea groups is 1. The van der Waals surface area contributed by atoms with E-state index in [2.05, 4.69) is 20.8 Å². The Kier molecular flexibility index (Phi) is 3.89. The summed E-state index contributed by atoms with van der Waals surface area (Å²) in [5, 5.41) is 16.0. The van der Waals surface area contributed by atoms with Crippen LogP contribution in [-0.2, 0) is 11.8 Å². The number of primary amides is 1. The molecule has 4 N–H and O–H groups in total. The monoisotopic (exact) mass is 275 g/mol. The van der Waals surface area contributed by atoms with E-state index in [0.29, 0.717) is 11.5 Å². The average molecular weight is 275 g/mol. The van der Waals surface area contributed by atoms with Crippen LogP contribution in [0, 0.1) is 0 Å². The number of nitrogens with two attached hydrogens (primary N) is 1. The van der Waals surface area contributed by atoms with Crippen molar-refractivity contribution in [1.82, 2.24) is 25.5 Å². The highest BCUT2D eigenvalue weighted by Gasteiger charge is 2.07. The Morgan fingerprint density at radius 2 is 2.20 bits per heavy atom. The summed E-state index contributed by atoms with van der Waals surface area (Å²) in [7, 11) is 1.73. The largest absolute Gasteiger partial charge is 0.376 e. The van der Waals surface area contributed by atoms with Gasteiger partial charge < -0.3 is 11.1 Å². The molecule has 3 amide bonds. The van der Waals surface area contributed by atoms with Crippen LogP contribution in [0.1, 0.15) is 0 Å². The summed E-state index contributed by atoms with van der Waals surface area (Å²) < 4.78 is 1.54. The van der Waals surface area contributed by atoms with Gasteiger partial charge in [0.2, 0.25) is 5.91 Å². The Morgan fingerprint density at radius 3 is 2.85 bits per heavy atom. The summed E-state index contributed by atoms with van der Waals surface area (Å²) in [6.45, 7) is -0.0660. The third-order valence-electron chi connectivity index (χ3n) is 2.46. The molecule has 9 nitrogen and oxygen atoms in total. The van der Waals surface area contributed by atoms with Crippen molar-refractivity contribution in [3.8, 4) is 11.4 Å². The maximum absolute atomic E-state index is 11.3. The molecule has 104 valence electrons. The van der Waals surface area contributed by atoms with Gasteiger partial charge in [0, 0.05) is 18.3 Å². The predicted molar refractivity (Wildman–Crippen MR) is 70.4 cm³/mol. The zero-order valence-electron chi connectivity index (χ0n) is 10.7. The van der Waals surface area contributed by atoms with Crippen molar-refractivity contribution in [2.45, 2.75) is 0 Å². The smallest absolute Gasteiger partial charge is 0.318 e. The molecule has 0 saturated carbocycles. The fourth-order valence-electron chi connectivity index (χ4n) is 1.61. The van der Waals surface area contributed by atoms with Crippen LogP contribution in [0.15, 0.2) is 24.3 Å². The molecule has 0 saturated heterocycles. The molecular weight excluding hydrogens is 262 g/mol.